The second-order valence-electron chi connectivity index (χ2n) is 5.46. The van der Waals surface area contributed by atoms with Crippen LogP contribution in [0, 0.1) is 6.92 Å². The fourth-order valence-electron chi connectivity index (χ4n) is 3.28. The molecule has 5 nitrogen and oxygen atoms in total. The molecule has 1 aliphatic carbocycles. The molecule has 2 unspecified atom stereocenters. The summed E-state index contributed by atoms with van der Waals surface area (Å²) in [7, 11) is 0. The highest BCUT2D eigenvalue weighted by molar-refractivity contribution is 5.81. The molecule has 0 aliphatic heterocycles. The van der Waals surface area contributed by atoms with Crippen LogP contribution in [0.3, 0.4) is 0 Å². The maximum absolute atomic E-state index is 12.4. The lowest BCUT2D eigenvalue weighted by molar-refractivity contribution is -0.153. The molecule has 1 N–H and O–H groups in total. The monoisotopic (exact) mass is 279 g/mol. The normalized spacial score (nSPS) is 26.4. The summed E-state index contributed by atoms with van der Waals surface area (Å²) in [5.41, 5.74) is -0.537. The number of likely N-dealkylation sites (N-methyl/N-ethyl adjacent to an activating group) is 1. The number of nitrogens with one attached hydrogen (secondary N) is 1. The molecule has 20 heavy (non-hydrogen) atoms. The zero-order valence-corrected chi connectivity index (χ0v) is 12.7. The van der Waals surface area contributed by atoms with E-state index in [2.05, 4.69) is 14.9 Å². The maximum Gasteiger partial charge on any atom is 0.326 e. The van der Waals surface area contributed by atoms with E-state index in [0.29, 0.717) is 12.6 Å². The molecule has 0 radical (unpaired) electrons. The van der Waals surface area contributed by atoms with Gasteiger partial charge in [-0.15, -0.1) is 0 Å². The molecule has 1 saturated carbocycles. The van der Waals surface area contributed by atoms with Crippen LogP contribution in [0.5, 0.6) is 0 Å². The first kappa shape index (κ1) is 15.0. The second-order valence-corrected chi connectivity index (χ2v) is 5.46. The second kappa shape index (κ2) is 6.39. The van der Waals surface area contributed by atoms with Gasteiger partial charge >= 0.3 is 5.97 Å². The highest BCUT2D eigenvalue weighted by Gasteiger charge is 2.44. The van der Waals surface area contributed by atoms with Crippen LogP contribution in [0.1, 0.15) is 51.4 Å². The zero-order valence-electron chi connectivity index (χ0n) is 12.7. The van der Waals surface area contributed by atoms with Gasteiger partial charge in [-0.3, -0.25) is 4.79 Å². The van der Waals surface area contributed by atoms with Crippen LogP contribution >= 0.6 is 0 Å². The van der Waals surface area contributed by atoms with Gasteiger partial charge in [0, 0.05) is 18.4 Å². The van der Waals surface area contributed by atoms with Crippen molar-refractivity contribution in [1.29, 1.82) is 0 Å². The number of aryl methyl sites for hydroxylation is 1. The summed E-state index contributed by atoms with van der Waals surface area (Å²) in [5.74, 6) is 0.899. The van der Waals surface area contributed by atoms with Crippen LogP contribution in [0.15, 0.2) is 12.4 Å². The number of esters is 1. The largest absolute Gasteiger partial charge is 0.465 e. The Morgan fingerprint density at radius 3 is 3.00 bits per heavy atom. The Labute approximate surface area is 120 Å². The quantitative estimate of drug-likeness (QED) is 0.840. The lowest BCUT2D eigenvalue weighted by atomic mass is 9.78. The molecule has 1 fully saturated rings. The summed E-state index contributed by atoms with van der Waals surface area (Å²) in [6, 6.07) is 0.315. The van der Waals surface area contributed by atoms with Gasteiger partial charge in [-0.05, 0) is 46.1 Å². The van der Waals surface area contributed by atoms with Crippen LogP contribution in [0.25, 0.3) is 0 Å². The number of nitrogens with zero attached hydrogens (tertiary/aromatic N) is 2. The molecule has 1 aliphatic rings. The van der Waals surface area contributed by atoms with Gasteiger partial charge in [0.05, 0.1) is 6.61 Å². The molecule has 2 rings (SSSR count). The Bertz CT molecular complexity index is 454. The Hall–Kier alpha value is -1.36. The summed E-state index contributed by atoms with van der Waals surface area (Å²) in [6.07, 6.45) is 7.56. The third-order valence-electron chi connectivity index (χ3n) is 4.16. The van der Waals surface area contributed by atoms with Crippen molar-refractivity contribution in [3.05, 3.63) is 18.2 Å². The minimum Gasteiger partial charge on any atom is -0.465 e. The summed E-state index contributed by atoms with van der Waals surface area (Å²) in [4.78, 5) is 16.7. The summed E-state index contributed by atoms with van der Waals surface area (Å²) >= 11 is 0. The lowest BCUT2D eigenvalue weighted by Gasteiger charge is -2.40. The number of ether oxygens (including phenoxy) is 1. The fraction of sp³-hybridized carbons (Fsp3) is 0.733. The topological polar surface area (TPSA) is 56.1 Å². The molecule has 0 aromatic carbocycles. The van der Waals surface area contributed by atoms with Crippen molar-refractivity contribution in [1.82, 2.24) is 14.9 Å². The molecule has 1 aromatic rings. The molecule has 1 aromatic heterocycles. The summed E-state index contributed by atoms with van der Waals surface area (Å²) in [6.45, 7) is 7.11. The van der Waals surface area contributed by atoms with E-state index in [1.165, 1.54) is 0 Å². The van der Waals surface area contributed by atoms with Crippen LogP contribution < -0.4 is 5.32 Å². The van der Waals surface area contributed by atoms with Crippen LogP contribution in [0.4, 0.5) is 0 Å². The predicted octanol–water partition coefficient (Wildman–Crippen LogP) is 2.22. The molecule has 0 saturated heterocycles. The molecule has 112 valence electrons. The SMILES string of the molecule is CCNC1(C(=O)OCC)CCCC(n2ccnc2C)C1. The molecule has 0 amide bonds. The van der Waals surface area contributed by atoms with Gasteiger partial charge < -0.3 is 14.6 Å². The number of carbonyl (C=O) groups is 1. The third-order valence-corrected chi connectivity index (χ3v) is 4.16. The van der Waals surface area contributed by atoms with Crippen molar-refractivity contribution in [2.24, 2.45) is 0 Å². The Morgan fingerprint density at radius 2 is 2.40 bits per heavy atom. The number of hydrogen-bond donors (Lipinski definition) is 1. The standard InChI is InChI=1S/C15H25N3O2/c1-4-17-15(14(19)20-5-2)8-6-7-13(11-15)18-10-9-16-12(18)3/h9-10,13,17H,4-8,11H2,1-3H3. The van der Waals surface area contributed by atoms with Crippen molar-refractivity contribution in [2.45, 2.75) is 58.0 Å². The van der Waals surface area contributed by atoms with Gasteiger partial charge in [0.2, 0.25) is 0 Å². The summed E-state index contributed by atoms with van der Waals surface area (Å²) < 4.78 is 7.49. The van der Waals surface area contributed by atoms with Crippen molar-refractivity contribution in [3.8, 4) is 0 Å². The van der Waals surface area contributed by atoms with E-state index in [-0.39, 0.29) is 5.97 Å². The average Bonchev–Trinajstić information content (AvgIpc) is 2.86. The van der Waals surface area contributed by atoms with Gasteiger partial charge in [0.25, 0.3) is 0 Å². The van der Waals surface area contributed by atoms with Gasteiger partial charge in [0.15, 0.2) is 0 Å². The number of imidazole rings is 1. The Balaban J connectivity index is 2.20. The first-order valence-corrected chi connectivity index (χ1v) is 7.54. The zero-order chi connectivity index (χ0) is 14.6. The highest BCUT2D eigenvalue weighted by Crippen LogP contribution is 2.36. The average molecular weight is 279 g/mol. The van der Waals surface area contributed by atoms with Crippen LogP contribution in [-0.2, 0) is 9.53 Å². The van der Waals surface area contributed by atoms with E-state index in [9.17, 15) is 4.79 Å². The molecule has 0 bridgehead atoms. The number of aromatic nitrogens is 2. The van der Waals surface area contributed by atoms with E-state index < -0.39 is 5.54 Å². The third kappa shape index (κ3) is 2.87. The van der Waals surface area contributed by atoms with E-state index in [1.807, 2.05) is 33.2 Å². The van der Waals surface area contributed by atoms with Gasteiger partial charge in [-0.2, -0.15) is 0 Å². The first-order chi connectivity index (χ1) is 9.63. The number of carbonyl (C=O) groups excluding carboxylic acids is 1. The molecule has 2 atom stereocenters. The molecular weight excluding hydrogens is 254 g/mol. The van der Waals surface area contributed by atoms with E-state index >= 15 is 0 Å². The van der Waals surface area contributed by atoms with E-state index in [1.54, 1.807) is 0 Å². The molecular formula is C15H25N3O2. The Kier molecular flexibility index (Phi) is 4.81. The van der Waals surface area contributed by atoms with Crippen molar-refractivity contribution < 1.29 is 9.53 Å². The molecule has 0 spiro atoms. The van der Waals surface area contributed by atoms with Crippen molar-refractivity contribution in [2.75, 3.05) is 13.2 Å². The van der Waals surface area contributed by atoms with E-state index in [4.69, 9.17) is 4.74 Å². The van der Waals surface area contributed by atoms with Crippen LogP contribution in [-0.4, -0.2) is 34.2 Å². The highest BCUT2D eigenvalue weighted by atomic mass is 16.5. The number of rotatable bonds is 5. The smallest absolute Gasteiger partial charge is 0.326 e. The minimum atomic E-state index is -0.537. The van der Waals surface area contributed by atoms with Crippen molar-refractivity contribution in [3.63, 3.8) is 0 Å². The van der Waals surface area contributed by atoms with Crippen LogP contribution in [0.2, 0.25) is 0 Å². The predicted molar refractivity (Wildman–Crippen MR) is 77.5 cm³/mol. The molecule has 1 heterocycles. The van der Waals surface area contributed by atoms with Gasteiger partial charge in [-0.25, -0.2) is 4.98 Å². The van der Waals surface area contributed by atoms with Gasteiger partial charge in [0.1, 0.15) is 11.4 Å². The maximum atomic E-state index is 12.4. The molecule has 5 heteroatoms. The fourth-order valence-corrected chi connectivity index (χ4v) is 3.28. The van der Waals surface area contributed by atoms with Gasteiger partial charge in [-0.1, -0.05) is 6.92 Å². The Morgan fingerprint density at radius 1 is 1.60 bits per heavy atom. The summed E-state index contributed by atoms with van der Waals surface area (Å²) in [5, 5.41) is 3.39. The first-order valence-electron chi connectivity index (χ1n) is 7.54. The lowest BCUT2D eigenvalue weighted by Crippen LogP contribution is -2.55. The minimum absolute atomic E-state index is 0.107. The van der Waals surface area contributed by atoms with E-state index in [0.717, 1.165) is 38.1 Å². The van der Waals surface area contributed by atoms with Crippen molar-refractivity contribution >= 4 is 5.97 Å². The number of hydrogen-bond acceptors (Lipinski definition) is 4.